The summed E-state index contributed by atoms with van der Waals surface area (Å²) in [4.78, 5) is 6.44. The molecule has 0 atom stereocenters. The molecule has 0 bridgehead atoms. The molecular weight excluding hydrogens is 322 g/mol. The number of aromatic nitrogens is 1. The van der Waals surface area contributed by atoms with Crippen molar-refractivity contribution in [2.75, 3.05) is 11.9 Å². The molecule has 0 saturated heterocycles. The molecule has 0 amide bonds. The maximum atomic E-state index is 9.29. The minimum absolute atomic E-state index is 0.655. The van der Waals surface area contributed by atoms with Gasteiger partial charge in [-0.3, -0.25) is 4.98 Å². The number of aryl methyl sites for hydroxylation is 2. The monoisotopic (exact) mass is 335 g/mol. The van der Waals surface area contributed by atoms with Gasteiger partial charge >= 0.3 is 0 Å². The molecule has 0 N–H and O–H groups in total. The van der Waals surface area contributed by atoms with Crippen LogP contribution in [0.1, 0.15) is 22.5 Å². The number of halogens is 1. The van der Waals surface area contributed by atoms with E-state index in [1.165, 1.54) is 5.56 Å². The molecule has 2 heterocycles. The predicted octanol–water partition coefficient (Wildman–Crippen LogP) is 4.03. The molecule has 98 valence electrons. The molecule has 0 spiro atoms. The molecule has 0 aliphatic carbocycles. The van der Waals surface area contributed by atoms with Gasteiger partial charge < -0.3 is 4.90 Å². The van der Waals surface area contributed by atoms with Gasteiger partial charge in [-0.1, -0.05) is 0 Å². The molecule has 5 heteroatoms. The quantitative estimate of drug-likeness (QED) is 0.850. The molecule has 2 rings (SSSR count). The zero-order valence-corrected chi connectivity index (χ0v) is 13.5. The molecule has 0 unspecified atom stereocenters. The summed E-state index contributed by atoms with van der Waals surface area (Å²) in [5, 5.41) is 11.4. The van der Waals surface area contributed by atoms with Gasteiger partial charge in [-0.15, -0.1) is 11.3 Å². The van der Waals surface area contributed by atoms with Crippen LogP contribution in [0.3, 0.4) is 0 Å². The maximum absolute atomic E-state index is 9.29. The van der Waals surface area contributed by atoms with Crippen LogP contribution >= 0.6 is 27.3 Å². The van der Waals surface area contributed by atoms with Crippen molar-refractivity contribution in [2.45, 2.75) is 20.4 Å². The fourth-order valence-corrected chi connectivity index (χ4v) is 3.24. The summed E-state index contributed by atoms with van der Waals surface area (Å²) in [6, 6.07) is 6.32. The lowest BCUT2D eigenvalue weighted by Crippen LogP contribution is -2.18. The Labute approximate surface area is 125 Å². The van der Waals surface area contributed by atoms with Gasteiger partial charge in [0, 0.05) is 19.3 Å². The normalized spacial score (nSPS) is 10.3. The van der Waals surface area contributed by atoms with E-state index in [4.69, 9.17) is 0 Å². The highest BCUT2D eigenvalue weighted by molar-refractivity contribution is 9.11. The van der Waals surface area contributed by atoms with Crippen molar-refractivity contribution in [3.8, 4) is 6.07 Å². The zero-order valence-electron chi connectivity index (χ0n) is 11.1. The van der Waals surface area contributed by atoms with Crippen LogP contribution in [-0.4, -0.2) is 12.0 Å². The SMILES string of the molecule is Cc1cc(N(C)Cc2csc(Br)c2)c(C#N)c(C)n1. The van der Waals surface area contributed by atoms with Crippen LogP contribution in [-0.2, 0) is 6.54 Å². The number of anilines is 1. The van der Waals surface area contributed by atoms with Gasteiger partial charge in [-0.2, -0.15) is 5.26 Å². The highest BCUT2D eigenvalue weighted by Crippen LogP contribution is 2.26. The molecule has 3 nitrogen and oxygen atoms in total. The minimum atomic E-state index is 0.655. The minimum Gasteiger partial charge on any atom is -0.369 e. The largest absolute Gasteiger partial charge is 0.369 e. The third-order valence-corrected chi connectivity index (χ3v) is 4.43. The van der Waals surface area contributed by atoms with Gasteiger partial charge in [0.05, 0.1) is 20.7 Å². The van der Waals surface area contributed by atoms with Gasteiger partial charge in [0.15, 0.2) is 0 Å². The van der Waals surface area contributed by atoms with E-state index in [9.17, 15) is 5.26 Å². The predicted molar refractivity (Wildman–Crippen MR) is 82.6 cm³/mol. The third kappa shape index (κ3) is 3.14. The van der Waals surface area contributed by atoms with E-state index in [2.05, 4.69) is 43.3 Å². The summed E-state index contributed by atoms with van der Waals surface area (Å²) in [6.07, 6.45) is 0. The zero-order chi connectivity index (χ0) is 14.0. The van der Waals surface area contributed by atoms with E-state index in [0.717, 1.165) is 27.4 Å². The molecule has 0 saturated carbocycles. The van der Waals surface area contributed by atoms with Crippen molar-refractivity contribution in [1.29, 1.82) is 5.26 Å². The first-order valence-corrected chi connectivity index (χ1v) is 7.51. The number of thiophene rings is 1. The molecule has 0 aliphatic heterocycles. The lowest BCUT2D eigenvalue weighted by molar-refractivity contribution is 0.914. The van der Waals surface area contributed by atoms with Crippen LogP contribution in [0.25, 0.3) is 0 Å². The van der Waals surface area contributed by atoms with Crippen LogP contribution in [0, 0.1) is 25.2 Å². The Hall–Kier alpha value is -1.38. The second kappa shape index (κ2) is 5.72. The Morgan fingerprint density at radius 2 is 2.16 bits per heavy atom. The van der Waals surface area contributed by atoms with E-state index in [0.29, 0.717) is 5.56 Å². The van der Waals surface area contributed by atoms with Crippen molar-refractivity contribution in [2.24, 2.45) is 0 Å². The number of hydrogen-bond donors (Lipinski definition) is 0. The molecule has 2 aromatic rings. The van der Waals surface area contributed by atoms with E-state index in [-0.39, 0.29) is 0 Å². The Morgan fingerprint density at radius 3 is 2.74 bits per heavy atom. The second-order valence-electron chi connectivity index (χ2n) is 4.47. The summed E-state index contributed by atoms with van der Waals surface area (Å²) in [5.41, 5.74) is 4.55. The fourth-order valence-electron chi connectivity index (χ4n) is 2.04. The number of pyridine rings is 1. The topological polar surface area (TPSA) is 39.9 Å². The first-order chi connectivity index (χ1) is 9.01. The number of nitriles is 1. The number of rotatable bonds is 3. The Kier molecular flexibility index (Phi) is 4.23. The summed E-state index contributed by atoms with van der Waals surface area (Å²) in [5.74, 6) is 0. The Bertz CT molecular complexity index is 643. The average molecular weight is 336 g/mol. The highest BCUT2D eigenvalue weighted by atomic mass is 79.9. The van der Waals surface area contributed by atoms with Crippen molar-refractivity contribution in [3.63, 3.8) is 0 Å². The Morgan fingerprint density at radius 1 is 1.42 bits per heavy atom. The van der Waals surface area contributed by atoms with Crippen molar-refractivity contribution >= 4 is 33.0 Å². The lowest BCUT2D eigenvalue weighted by atomic mass is 10.1. The van der Waals surface area contributed by atoms with Crippen LogP contribution in [0.4, 0.5) is 5.69 Å². The molecule has 0 aliphatic rings. The standard InChI is InChI=1S/C14H14BrN3S/c1-9-4-13(12(6-16)10(2)17-9)18(3)7-11-5-14(15)19-8-11/h4-5,8H,7H2,1-3H3. The number of hydrogen-bond acceptors (Lipinski definition) is 4. The first kappa shape index (κ1) is 14.0. The van der Waals surface area contributed by atoms with Crippen LogP contribution in [0.2, 0.25) is 0 Å². The smallest absolute Gasteiger partial charge is 0.103 e. The van der Waals surface area contributed by atoms with E-state index < -0.39 is 0 Å². The van der Waals surface area contributed by atoms with Crippen molar-refractivity contribution in [1.82, 2.24) is 4.98 Å². The van der Waals surface area contributed by atoms with Gasteiger partial charge in [-0.05, 0) is 52.9 Å². The van der Waals surface area contributed by atoms with Crippen LogP contribution in [0.5, 0.6) is 0 Å². The molecule has 0 radical (unpaired) electrons. The average Bonchev–Trinajstić information content (AvgIpc) is 2.73. The van der Waals surface area contributed by atoms with Crippen LogP contribution < -0.4 is 4.90 Å². The molecule has 0 fully saturated rings. The summed E-state index contributed by atoms with van der Waals surface area (Å²) >= 11 is 5.14. The van der Waals surface area contributed by atoms with E-state index >= 15 is 0 Å². The highest BCUT2D eigenvalue weighted by Gasteiger charge is 2.12. The molecule has 19 heavy (non-hydrogen) atoms. The second-order valence-corrected chi connectivity index (χ2v) is 6.76. The van der Waals surface area contributed by atoms with E-state index in [1.54, 1.807) is 11.3 Å². The summed E-state index contributed by atoms with van der Waals surface area (Å²) < 4.78 is 1.12. The first-order valence-electron chi connectivity index (χ1n) is 5.83. The molecule has 2 aromatic heterocycles. The van der Waals surface area contributed by atoms with Crippen molar-refractivity contribution < 1.29 is 0 Å². The van der Waals surface area contributed by atoms with Crippen LogP contribution in [0.15, 0.2) is 21.3 Å². The Balaban J connectivity index is 2.33. The number of nitrogens with zero attached hydrogens (tertiary/aromatic N) is 3. The lowest BCUT2D eigenvalue weighted by Gasteiger charge is -2.21. The van der Waals surface area contributed by atoms with E-state index in [1.807, 2.05) is 27.0 Å². The van der Waals surface area contributed by atoms with Gasteiger partial charge in [0.25, 0.3) is 0 Å². The summed E-state index contributed by atoms with van der Waals surface area (Å²) in [6.45, 7) is 4.61. The molecule has 0 aromatic carbocycles. The fraction of sp³-hybridized carbons (Fsp3) is 0.286. The van der Waals surface area contributed by atoms with Crippen molar-refractivity contribution in [3.05, 3.63) is 43.8 Å². The molecular formula is C14H14BrN3S. The summed E-state index contributed by atoms with van der Waals surface area (Å²) in [7, 11) is 2.00. The van der Waals surface area contributed by atoms with Gasteiger partial charge in [-0.25, -0.2) is 0 Å². The maximum Gasteiger partial charge on any atom is 0.103 e. The van der Waals surface area contributed by atoms with Gasteiger partial charge in [0.1, 0.15) is 6.07 Å². The van der Waals surface area contributed by atoms with Gasteiger partial charge in [0.2, 0.25) is 0 Å². The third-order valence-electron chi connectivity index (χ3n) is 2.87.